The Morgan fingerprint density at radius 1 is 1.07 bits per heavy atom. The molecule has 2 aromatic carbocycles. The number of benzene rings is 2. The van der Waals surface area contributed by atoms with Crippen molar-refractivity contribution in [2.24, 2.45) is 0 Å². The zero-order valence-corrected chi connectivity index (χ0v) is 15.2. The van der Waals surface area contributed by atoms with Crippen LogP contribution in [0.1, 0.15) is 24.4 Å². The van der Waals surface area contributed by atoms with Gasteiger partial charge in [0, 0.05) is 6.54 Å². The third kappa shape index (κ3) is 4.34. The van der Waals surface area contributed by atoms with Gasteiger partial charge < -0.3 is 19.5 Å². The molecule has 0 bridgehead atoms. The summed E-state index contributed by atoms with van der Waals surface area (Å²) in [6, 6.07) is 15.5. The van der Waals surface area contributed by atoms with Gasteiger partial charge in [0.25, 0.3) is 5.91 Å². The van der Waals surface area contributed by atoms with E-state index in [0.29, 0.717) is 12.3 Å². The first-order chi connectivity index (χ1) is 13.3. The van der Waals surface area contributed by atoms with E-state index in [1.165, 1.54) is 12.8 Å². The highest BCUT2D eigenvalue weighted by Gasteiger charge is 2.26. The molecule has 0 spiro atoms. The van der Waals surface area contributed by atoms with Gasteiger partial charge >= 0.3 is 0 Å². The third-order valence-electron chi connectivity index (χ3n) is 4.97. The van der Waals surface area contributed by atoms with Gasteiger partial charge in [-0.15, -0.1) is 0 Å². The summed E-state index contributed by atoms with van der Waals surface area (Å²) in [5, 5.41) is 3.02. The number of carbonyl (C=O) groups is 1. The monoisotopic (exact) mass is 368 g/mol. The molecule has 6 nitrogen and oxygen atoms in total. The third-order valence-corrected chi connectivity index (χ3v) is 4.97. The quantitative estimate of drug-likeness (QED) is 0.814. The molecule has 0 aliphatic carbocycles. The lowest BCUT2D eigenvalue weighted by Crippen LogP contribution is -2.38. The largest absolute Gasteiger partial charge is 0.484 e. The number of hydrogen-bond donors (Lipinski definition) is 1. The fourth-order valence-corrected chi connectivity index (χ4v) is 3.56. The number of fused-ring (bicyclic) bond motifs is 1. The summed E-state index contributed by atoms with van der Waals surface area (Å²) in [6.45, 7) is 2.89. The molecule has 0 aromatic heterocycles. The summed E-state index contributed by atoms with van der Waals surface area (Å²) in [5.41, 5.74) is 1.13. The summed E-state index contributed by atoms with van der Waals surface area (Å²) in [4.78, 5) is 14.7. The first-order valence-corrected chi connectivity index (χ1v) is 9.38. The van der Waals surface area contributed by atoms with E-state index in [9.17, 15) is 4.79 Å². The van der Waals surface area contributed by atoms with Crippen LogP contribution in [0.25, 0.3) is 0 Å². The molecule has 1 amide bonds. The predicted molar refractivity (Wildman–Crippen MR) is 101 cm³/mol. The zero-order chi connectivity index (χ0) is 18.5. The number of para-hydroxylation sites is 1. The van der Waals surface area contributed by atoms with Crippen molar-refractivity contribution in [3.05, 3.63) is 54.1 Å². The highest BCUT2D eigenvalue weighted by molar-refractivity contribution is 5.77. The maximum absolute atomic E-state index is 12.3. The van der Waals surface area contributed by atoms with E-state index in [-0.39, 0.29) is 25.3 Å². The number of carbonyl (C=O) groups excluding carboxylic acids is 1. The fourth-order valence-electron chi connectivity index (χ4n) is 3.56. The molecule has 2 aromatic rings. The highest BCUT2D eigenvalue weighted by Crippen LogP contribution is 2.36. The molecule has 4 rings (SSSR count). The Bertz CT molecular complexity index is 775. The molecule has 0 radical (unpaired) electrons. The fraction of sp³-hybridized carbons (Fsp3) is 0.381. The first kappa shape index (κ1) is 17.7. The van der Waals surface area contributed by atoms with Crippen molar-refractivity contribution in [2.45, 2.75) is 18.9 Å². The molecule has 2 heterocycles. The number of nitrogens with zero attached hydrogens (tertiary/aromatic N) is 1. The Kier molecular flexibility index (Phi) is 5.44. The Balaban J connectivity index is 1.38. The normalized spacial score (nSPS) is 16.9. The molecule has 2 aliphatic heterocycles. The van der Waals surface area contributed by atoms with Gasteiger partial charge in [0.05, 0.1) is 6.04 Å². The van der Waals surface area contributed by atoms with Crippen LogP contribution in [-0.2, 0) is 4.79 Å². The van der Waals surface area contributed by atoms with E-state index < -0.39 is 0 Å². The minimum atomic E-state index is -0.121. The zero-order valence-electron chi connectivity index (χ0n) is 15.2. The van der Waals surface area contributed by atoms with Gasteiger partial charge in [-0.05, 0) is 55.8 Å². The molecule has 6 heteroatoms. The van der Waals surface area contributed by atoms with Gasteiger partial charge in [0.1, 0.15) is 5.75 Å². The van der Waals surface area contributed by atoms with Crippen LogP contribution in [0.4, 0.5) is 0 Å². The van der Waals surface area contributed by atoms with Crippen LogP contribution >= 0.6 is 0 Å². The van der Waals surface area contributed by atoms with Crippen LogP contribution < -0.4 is 19.5 Å². The van der Waals surface area contributed by atoms with Gasteiger partial charge in [-0.2, -0.15) is 0 Å². The maximum Gasteiger partial charge on any atom is 0.258 e. The number of rotatable bonds is 7. The van der Waals surface area contributed by atoms with Crippen LogP contribution in [0.15, 0.2) is 48.5 Å². The van der Waals surface area contributed by atoms with Gasteiger partial charge in [0.2, 0.25) is 6.79 Å². The average Bonchev–Trinajstić information content (AvgIpc) is 3.39. The number of amides is 1. The number of hydrogen-bond acceptors (Lipinski definition) is 5. The maximum atomic E-state index is 12.3. The lowest BCUT2D eigenvalue weighted by Gasteiger charge is -2.28. The topological polar surface area (TPSA) is 60.0 Å². The van der Waals surface area contributed by atoms with Crippen LogP contribution in [0.5, 0.6) is 17.2 Å². The van der Waals surface area contributed by atoms with E-state index >= 15 is 0 Å². The van der Waals surface area contributed by atoms with E-state index in [1.807, 2.05) is 42.5 Å². The molecular formula is C21H24N2O4. The van der Waals surface area contributed by atoms with Crippen molar-refractivity contribution in [2.75, 3.05) is 33.0 Å². The van der Waals surface area contributed by atoms with E-state index in [2.05, 4.69) is 16.3 Å². The van der Waals surface area contributed by atoms with Crippen molar-refractivity contribution >= 4 is 5.91 Å². The van der Waals surface area contributed by atoms with E-state index in [0.717, 1.165) is 30.2 Å². The van der Waals surface area contributed by atoms with Crippen LogP contribution in [0.3, 0.4) is 0 Å². The number of likely N-dealkylation sites (tertiary alicyclic amines) is 1. The summed E-state index contributed by atoms with van der Waals surface area (Å²) in [5.74, 6) is 2.12. The van der Waals surface area contributed by atoms with Crippen molar-refractivity contribution in [3.63, 3.8) is 0 Å². The number of nitrogens with one attached hydrogen (secondary N) is 1. The Morgan fingerprint density at radius 3 is 2.67 bits per heavy atom. The molecule has 27 heavy (non-hydrogen) atoms. The van der Waals surface area contributed by atoms with Crippen molar-refractivity contribution in [1.82, 2.24) is 10.2 Å². The molecule has 142 valence electrons. The molecule has 1 fully saturated rings. The summed E-state index contributed by atoms with van der Waals surface area (Å²) >= 11 is 0. The van der Waals surface area contributed by atoms with Crippen LogP contribution in [-0.4, -0.2) is 43.8 Å². The first-order valence-electron chi connectivity index (χ1n) is 9.38. The average molecular weight is 368 g/mol. The standard InChI is InChI=1S/C21H24N2O4/c24-21(14-25-17-6-2-1-3-7-17)22-13-18(23-10-4-5-11-23)16-8-9-19-20(12-16)27-15-26-19/h1-3,6-9,12,18H,4-5,10-11,13-15H2,(H,22,24)/t18-/m1/s1. The molecule has 0 unspecified atom stereocenters. The SMILES string of the molecule is O=C(COc1ccccc1)NC[C@H](c1ccc2c(c1)OCO2)N1CCCC1. The molecule has 2 aliphatic rings. The number of ether oxygens (including phenoxy) is 3. The smallest absolute Gasteiger partial charge is 0.258 e. The Labute approximate surface area is 159 Å². The van der Waals surface area contributed by atoms with Crippen molar-refractivity contribution in [3.8, 4) is 17.2 Å². The summed E-state index contributed by atoms with van der Waals surface area (Å²) in [7, 11) is 0. The van der Waals surface area contributed by atoms with Crippen molar-refractivity contribution in [1.29, 1.82) is 0 Å². The van der Waals surface area contributed by atoms with Crippen LogP contribution in [0.2, 0.25) is 0 Å². The molecule has 1 atom stereocenters. The minimum absolute atomic E-state index is 0.0118. The Hall–Kier alpha value is -2.73. The van der Waals surface area contributed by atoms with Gasteiger partial charge in [-0.1, -0.05) is 24.3 Å². The summed E-state index contributed by atoms with van der Waals surface area (Å²) < 4.78 is 16.5. The van der Waals surface area contributed by atoms with E-state index in [1.54, 1.807) is 0 Å². The van der Waals surface area contributed by atoms with Gasteiger partial charge in [-0.25, -0.2) is 0 Å². The van der Waals surface area contributed by atoms with Gasteiger partial charge in [0.15, 0.2) is 18.1 Å². The van der Waals surface area contributed by atoms with E-state index in [4.69, 9.17) is 14.2 Å². The molecule has 1 saturated heterocycles. The molecule has 1 N–H and O–H groups in total. The predicted octanol–water partition coefficient (Wildman–Crippen LogP) is 2.75. The highest BCUT2D eigenvalue weighted by atomic mass is 16.7. The summed E-state index contributed by atoms with van der Waals surface area (Å²) in [6.07, 6.45) is 2.37. The second-order valence-electron chi connectivity index (χ2n) is 6.78. The van der Waals surface area contributed by atoms with Crippen LogP contribution in [0, 0.1) is 0 Å². The van der Waals surface area contributed by atoms with Gasteiger partial charge in [-0.3, -0.25) is 9.69 Å². The second-order valence-corrected chi connectivity index (χ2v) is 6.78. The molecule has 0 saturated carbocycles. The van der Waals surface area contributed by atoms with Crippen molar-refractivity contribution < 1.29 is 19.0 Å². The lowest BCUT2D eigenvalue weighted by molar-refractivity contribution is -0.123. The lowest BCUT2D eigenvalue weighted by atomic mass is 10.0. The Morgan fingerprint density at radius 2 is 1.85 bits per heavy atom. The second kappa shape index (κ2) is 8.31. The minimum Gasteiger partial charge on any atom is -0.484 e. The molecular weight excluding hydrogens is 344 g/mol.